The van der Waals surface area contributed by atoms with Crippen molar-refractivity contribution in [1.82, 2.24) is 10.3 Å². The van der Waals surface area contributed by atoms with Crippen LogP contribution in [-0.4, -0.2) is 35.2 Å². The fourth-order valence-corrected chi connectivity index (χ4v) is 2.01. The van der Waals surface area contributed by atoms with Crippen LogP contribution in [0.25, 0.3) is 0 Å². The van der Waals surface area contributed by atoms with E-state index in [1.54, 1.807) is 5.38 Å². The Morgan fingerprint density at radius 1 is 1.75 bits per heavy atom. The SMILES string of the molecule is CC(CCO)NC(=O)c1csc(CCN)n1. The molecule has 16 heavy (non-hydrogen) atoms. The van der Waals surface area contributed by atoms with E-state index in [2.05, 4.69) is 10.3 Å². The summed E-state index contributed by atoms with van der Waals surface area (Å²) < 4.78 is 0. The third-order valence-electron chi connectivity index (χ3n) is 2.08. The molecular formula is C10H17N3O2S. The number of thiazole rings is 1. The molecule has 1 unspecified atom stereocenters. The monoisotopic (exact) mass is 243 g/mol. The summed E-state index contributed by atoms with van der Waals surface area (Å²) in [6.45, 7) is 2.45. The predicted octanol–water partition coefficient (Wildman–Crippen LogP) is 0.145. The maximum Gasteiger partial charge on any atom is 0.270 e. The van der Waals surface area contributed by atoms with E-state index < -0.39 is 0 Å². The summed E-state index contributed by atoms with van der Waals surface area (Å²) in [5.74, 6) is -0.194. The van der Waals surface area contributed by atoms with Crippen molar-refractivity contribution >= 4 is 17.2 Å². The van der Waals surface area contributed by atoms with Crippen molar-refractivity contribution in [3.05, 3.63) is 16.1 Å². The highest BCUT2D eigenvalue weighted by atomic mass is 32.1. The van der Waals surface area contributed by atoms with Crippen LogP contribution in [0.5, 0.6) is 0 Å². The summed E-state index contributed by atoms with van der Waals surface area (Å²) in [6.07, 6.45) is 1.25. The van der Waals surface area contributed by atoms with Crippen LogP contribution < -0.4 is 11.1 Å². The van der Waals surface area contributed by atoms with Crippen LogP contribution in [0.2, 0.25) is 0 Å². The van der Waals surface area contributed by atoms with E-state index >= 15 is 0 Å². The van der Waals surface area contributed by atoms with Crippen molar-refractivity contribution < 1.29 is 9.90 Å². The molecule has 0 aliphatic heterocycles. The highest BCUT2D eigenvalue weighted by Crippen LogP contribution is 2.10. The average Bonchev–Trinajstić information content (AvgIpc) is 2.67. The van der Waals surface area contributed by atoms with Crippen molar-refractivity contribution in [2.75, 3.05) is 13.2 Å². The predicted molar refractivity (Wildman–Crippen MR) is 63.5 cm³/mol. The summed E-state index contributed by atoms with van der Waals surface area (Å²) in [5, 5.41) is 14.1. The molecule has 0 radical (unpaired) electrons. The lowest BCUT2D eigenvalue weighted by molar-refractivity contribution is 0.0930. The first kappa shape index (κ1) is 13.1. The number of aliphatic hydroxyl groups excluding tert-OH is 1. The summed E-state index contributed by atoms with van der Waals surface area (Å²) in [4.78, 5) is 15.8. The van der Waals surface area contributed by atoms with Gasteiger partial charge in [-0.05, 0) is 19.9 Å². The molecule has 6 heteroatoms. The van der Waals surface area contributed by atoms with Crippen molar-refractivity contribution in [2.24, 2.45) is 5.73 Å². The zero-order chi connectivity index (χ0) is 12.0. The number of carbonyl (C=O) groups excluding carboxylic acids is 1. The fraction of sp³-hybridized carbons (Fsp3) is 0.600. The number of aliphatic hydroxyl groups is 1. The summed E-state index contributed by atoms with van der Waals surface area (Å²) in [5.41, 5.74) is 5.83. The second-order valence-corrected chi connectivity index (χ2v) is 4.49. The Morgan fingerprint density at radius 2 is 2.50 bits per heavy atom. The van der Waals surface area contributed by atoms with E-state index in [-0.39, 0.29) is 18.6 Å². The molecular weight excluding hydrogens is 226 g/mol. The van der Waals surface area contributed by atoms with Gasteiger partial charge in [0.25, 0.3) is 5.91 Å². The van der Waals surface area contributed by atoms with Gasteiger partial charge < -0.3 is 16.2 Å². The number of nitrogens with zero attached hydrogens (tertiary/aromatic N) is 1. The maximum atomic E-state index is 11.7. The quantitative estimate of drug-likeness (QED) is 0.663. The number of nitrogens with one attached hydrogen (secondary N) is 1. The number of amides is 1. The molecule has 0 aromatic carbocycles. The van der Waals surface area contributed by atoms with Crippen molar-refractivity contribution in [3.63, 3.8) is 0 Å². The minimum absolute atomic E-state index is 0.0443. The van der Waals surface area contributed by atoms with Gasteiger partial charge in [0, 0.05) is 24.4 Å². The number of rotatable bonds is 6. The average molecular weight is 243 g/mol. The third kappa shape index (κ3) is 3.88. The van der Waals surface area contributed by atoms with Crippen LogP contribution in [0.3, 0.4) is 0 Å². The van der Waals surface area contributed by atoms with E-state index in [0.29, 0.717) is 25.1 Å². The van der Waals surface area contributed by atoms with Gasteiger partial charge in [0.1, 0.15) is 5.69 Å². The van der Waals surface area contributed by atoms with Gasteiger partial charge >= 0.3 is 0 Å². The first-order chi connectivity index (χ1) is 7.67. The first-order valence-electron chi connectivity index (χ1n) is 5.23. The maximum absolute atomic E-state index is 11.7. The van der Waals surface area contributed by atoms with Crippen molar-refractivity contribution in [3.8, 4) is 0 Å². The molecule has 0 spiro atoms. The van der Waals surface area contributed by atoms with Gasteiger partial charge in [-0.2, -0.15) is 0 Å². The highest BCUT2D eigenvalue weighted by Gasteiger charge is 2.12. The molecule has 0 fully saturated rings. The second kappa shape index (κ2) is 6.57. The van der Waals surface area contributed by atoms with Crippen LogP contribution in [0, 0.1) is 0 Å². The van der Waals surface area contributed by atoms with Crippen LogP contribution in [0.4, 0.5) is 0 Å². The smallest absolute Gasteiger partial charge is 0.270 e. The zero-order valence-corrected chi connectivity index (χ0v) is 10.1. The molecule has 1 rings (SSSR count). The Hall–Kier alpha value is -0.980. The molecule has 1 amide bonds. The second-order valence-electron chi connectivity index (χ2n) is 3.55. The van der Waals surface area contributed by atoms with Crippen LogP contribution >= 0.6 is 11.3 Å². The molecule has 0 aliphatic rings. The molecule has 0 saturated carbocycles. The van der Waals surface area contributed by atoms with Crippen LogP contribution in [0.1, 0.15) is 28.8 Å². The van der Waals surface area contributed by atoms with Gasteiger partial charge in [-0.25, -0.2) is 4.98 Å². The first-order valence-corrected chi connectivity index (χ1v) is 6.11. The normalized spacial score (nSPS) is 12.4. The largest absolute Gasteiger partial charge is 0.396 e. The lowest BCUT2D eigenvalue weighted by Crippen LogP contribution is -2.33. The van der Waals surface area contributed by atoms with Gasteiger partial charge in [0.2, 0.25) is 0 Å². The fourth-order valence-electron chi connectivity index (χ4n) is 1.22. The topological polar surface area (TPSA) is 88.2 Å². The Balaban J connectivity index is 2.52. The van der Waals surface area contributed by atoms with Crippen LogP contribution in [-0.2, 0) is 6.42 Å². The van der Waals surface area contributed by atoms with Crippen LogP contribution in [0.15, 0.2) is 5.38 Å². The number of nitrogens with two attached hydrogens (primary N) is 1. The minimum atomic E-state index is -0.194. The summed E-state index contributed by atoms with van der Waals surface area (Å²) >= 11 is 1.44. The van der Waals surface area contributed by atoms with Gasteiger partial charge in [0.05, 0.1) is 5.01 Å². The summed E-state index contributed by atoms with van der Waals surface area (Å²) in [7, 11) is 0. The van der Waals surface area contributed by atoms with E-state index in [1.165, 1.54) is 11.3 Å². The number of hydrogen-bond acceptors (Lipinski definition) is 5. The van der Waals surface area contributed by atoms with E-state index in [9.17, 15) is 4.79 Å². The summed E-state index contributed by atoms with van der Waals surface area (Å²) in [6, 6.07) is -0.0443. The van der Waals surface area contributed by atoms with E-state index in [4.69, 9.17) is 10.8 Å². The van der Waals surface area contributed by atoms with Crippen molar-refractivity contribution in [2.45, 2.75) is 25.8 Å². The molecule has 1 atom stereocenters. The molecule has 90 valence electrons. The molecule has 5 nitrogen and oxygen atoms in total. The number of aromatic nitrogens is 1. The Kier molecular flexibility index (Phi) is 5.37. The molecule has 4 N–H and O–H groups in total. The molecule has 1 aromatic heterocycles. The Labute approximate surface area is 98.7 Å². The lowest BCUT2D eigenvalue weighted by atomic mass is 10.2. The minimum Gasteiger partial charge on any atom is -0.396 e. The molecule has 1 heterocycles. The highest BCUT2D eigenvalue weighted by molar-refractivity contribution is 7.09. The van der Waals surface area contributed by atoms with Crippen molar-refractivity contribution in [1.29, 1.82) is 0 Å². The Morgan fingerprint density at radius 3 is 3.12 bits per heavy atom. The lowest BCUT2D eigenvalue weighted by Gasteiger charge is -2.10. The van der Waals surface area contributed by atoms with E-state index in [1.807, 2.05) is 6.92 Å². The molecule has 0 aliphatic carbocycles. The molecule has 0 saturated heterocycles. The van der Waals surface area contributed by atoms with Gasteiger partial charge in [-0.3, -0.25) is 4.79 Å². The standard InChI is InChI=1S/C10H17N3O2S/c1-7(3-5-14)12-10(15)8-6-16-9(13-8)2-4-11/h6-7,14H,2-5,11H2,1H3,(H,12,15). The number of carbonyl (C=O) groups is 1. The zero-order valence-electron chi connectivity index (χ0n) is 9.27. The molecule has 0 bridgehead atoms. The van der Waals surface area contributed by atoms with Gasteiger partial charge in [-0.15, -0.1) is 11.3 Å². The Bertz CT molecular complexity index is 341. The third-order valence-corrected chi connectivity index (χ3v) is 2.99. The number of hydrogen-bond donors (Lipinski definition) is 3. The van der Waals surface area contributed by atoms with Gasteiger partial charge in [0.15, 0.2) is 0 Å². The van der Waals surface area contributed by atoms with E-state index in [0.717, 1.165) is 5.01 Å². The van der Waals surface area contributed by atoms with Gasteiger partial charge in [-0.1, -0.05) is 0 Å². The molecule has 1 aromatic rings.